The van der Waals surface area contributed by atoms with E-state index in [1.165, 1.54) is 43.4 Å². The summed E-state index contributed by atoms with van der Waals surface area (Å²) in [4.78, 5) is 97.2. The van der Waals surface area contributed by atoms with Crippen LogP contribution in [0.3, 0.4) is 0 Å². The molecule has 1 N–H and O–H groups in total. The Morgan fingerprint density at radius 1 is 0.517 bits per heavy atom. The second-order valence-electron chi connectivity index (χ2n) is 20.4. The highest BCUT2D eigenvalue weighted by molar-refractivity contribution is 6.32. The molecule has 2 aliphatic rings. The number of carbonyl (C=O) groups excluding carboxylic acids is 7. The molecule has 87 heavy (non-hydrogen) atoms. The summed E-state index contributed by atoms with van der Waals surface area (Å²) in [7, 11) is 4.47. The maximum Gasteiger partial charge on any atom is 0.396 e. The SMILES string of the molecule is CNC(=O)C(=O)OC[C@@H]1C[C@@H](OC(c2ccccc2)(c2ccc(OC)cc2)c2ccc(OC)cc2)CN1C(=O)CCCCO[C@@H]1OC(COC(=O)c2ccccc2)[C@H](OC(=O)c2ccccc2)[C@H](OC(=O)c2ccccc2)C1OC(=O)c1ccccc1. The minimum absolute atomic E-state index is 0.0401. The van der Waals surface area contributed by atoms with Crippen LogP contribution in [0.4, 0.5) is 0 Å². The van der Waals surface area contributed by atoms with Crippen molar-refractivity contribution in [1.82, 2.24) is 10.2 Å². The van der Waals surface area contributed by atoms with Crippen molar-refractivity contribution in [3.8, 4) is 11.5 Å². The molecule has 2 fully saturated rings. The summed E-state index contributed by atoms with van der Waals surface area (Å²) in [5.41, 5.74) is 1.64. The standard InChI is InChI=1S/C68H66N2O17/c1-69-61(72)66(77)81-43-52-41-55(87-68(49-29-17-8-18-30-49,50-32-36-53(78-2)37-33-50)51-34-38-54(79-3)39-35-51)42-70(52)57(71)31-19-20-40-80-67-60(86-65(76)48-27-15-7-16-28-48)59(85-64(75)47-25-13-6-14-26-47)58(84-63(74)46-23-11-5-12-24-46)56(83-67)44-82-62(73)45-21-9-4-10-22-45/h4-18,21-30,32-39,52,55-56,58-60,67H,19-20,31,40-44H2,1-3H3,(H,69,72)/t52-,55+,56?,58-,59-,60?,67+/m0/s1. The minimum Gasteiger partial charge on any atom is -0.497 e. The fraction of sp³-hybridized carbons (Fsp3) is 0.279. The second-order valence-corrected chi connectivity index (χ2v) is 20.4. The van der Waals surface area contributed by atoms with Gasteiger partial charge < -0.3 is 57.6 Å². The molecular formula is C68H66N2O17. The summed E-state index contributed by atoms with van der Waals surface area (Å²) in [6.07, 6.45) is -7.88. The van der Waals surface area contributed by atoms with Gasteiger partial charge in [-0.2, -0.15) is 0 Å². The number of amides is 2. The molecule has 0 radical (unpaired) electrons. The average molecular weight is 1180 g/mol. The van der Waals surface area contributed by atoms with Crippen molar-refractivity contribution >= 4 is 41.7 Å². The number of likely N-dealkylation sites (N-methyl/N-ethyl adjacent to an activating group) is 1. The number of esters is 5. The summed E-state index contributed by atoms with van der Waals surface area (Å²) >= 11 is 0. The van der Waals surface area contributed by atoms with Gasteiger partial charge in [-0.25, -0.2) is 24.0 Å². The number of hydrogen-bond acceptors (Lipinski definition) is 17. The van der Waals surface area contributed by atoms with Gasteiger partial charge in [-0.1, -0.05) is 127 Å². The van der Waals surface area contributed by atoms with Crippen molar-refractivity contribution in [3.63, 3.8) is 0 Å². The van der Waals surface area contributed by atoms with E-state index in [1.807, 2.05) is 78.9 Å². The Hall–Kier alpha value is -9.69. The van der Waals surface area contributed by atoms with Crippen molar-refractivity contribution in [1.29, 1.82) is 0 Å². The number of unbranched alkanes of at least 4 members (excludes halogenated alkanes) is 1. The quantitative estimate of drug-likeness (QED) is 0.0196. The summed E-state index contributed by atoms with van der Waals surface area (Å²) in [5.74, 6) is -4.45. The molecular weight excluding hydrogens is 1120 g/mol. The molecule has 19 nitrogen and oxygen atoms in total. The number of benzene rings is 7. The van der Waals surface area contributed by atoms with Crippen molar-refractivity contribution in [2.24, 2.45) is 0 Å². The van der Waals surface area contributed by atoms with Gasteiger partial charge in [0.25, 0.3) is 0 Å². The molecule has 7 atom stereocenters. The highest BCUT2D eigenvalue weighted by Crippen LogP contribution is 2.44. The topological polar surface area (TPSA) is 227 Å². The first-order valence-electron chi connectivity index (χ1n) is 28.4. The molecule has 0 saturated carbocycles. The van der Waals surface area contributed by atoms with Gasteiger partial charge in [-0.3, -0.25) is 9.59 Å². The monoisotopic (exact) mass is 1180 g/mol. The van der Waals surface area contributed by atoms with Crippen molar-refractivity contribution in [2.45, 2.75) is 74.1 Å². The zero-order chi connectivity index (χ0) is 61.1. The number of ether oxygens (including phenoxy) is 10. The Balaban J connectivity index is 0.980. The lowest BCUT2D eigenvalue weighted by Crippen LogP contribution is -2.63. The van der Waals surface area contributed by atoms with E-state index in [2.05, 4.69) is 5.32 Å². The lowest BCUT2D eigenvalue weighted by molar-refractivity contribution is -0.298. The van der Waals surface area contributed by atoms with Crippen LogP contribution in [-0.4, -0.2) is 137 Å². The third-order valence-corrected chi connectivity index (χ3v) is 14.8. The summed E-state index contributed by atoms with van der Waals surface area (Å²) < 4.78 is 61.3. The lowest BCUT2D eigenvalue weighted by atomic mass is 9.79. The van der Waals surface area contributed by atoms with E-state index in [4.69, 9.17) is 47.4 Å². The molecule has 2 heterocycles. The van der Waals surface area contributed by atoms with Gasteiger partial charge in [0.1, 0.15) is 36.4 Å². The molecule has 0 spiro atoms. The lowest BCUT2D eigenvalue weighted by Gasteiger charge is -2.44. The van der Waals surface area contributed by atoms with Gasteiger partial charge in [0.15, 0.2) is 24.6 Å². The van der Waals surface area contributed by atoms with Crippen LogP contribution in [0, 0.1) is 0 Å². The molecule has 2 aliphatic heterocycles. The third-order valence-electron chi connectivity index (χ3n) is 14.8. The number of methoxy groups -OCH3 is 2. The van der Waals surface area contributed by atoms with Crippen LogP contribution in [0.25, 0.3) is 0 Å². The van der Waals surface area contributed by atoms with Crippen LogP contribution in [0.5, 0.6) is 11.5 Å². The van der Waals surface area contributed by atoms with Crippen LogP contribution in [0.15, 0.2) is 200 Å². The molecule has 7 aromatic carbocycles. The van der Waals surface area contributed by atoms with Gasteiger partial charge in [-0.15, -0.1) is 0 Å². The Morgan fingerprint density at radius 3 is 1.45 bits per heavy atom. The Bertz CT molecular complexity index is 3360. The van der Waals surface area contributed by atoms with Crippen molar-refractivity contribution in [3.05, 3.63) is 239 Å². The Kier molecular flexibility index (Phi) is 21.3. The van der Waals surface area contributed by atoms with Gasteiger partial charge in [-0.05, 0) is 109 Å². The summed E-state index contributed by atoms with van der Waals surface area (Å²) in [6.45, 7) is -0.936. The van der Waals surface area contributed by atoms with Crippen molar-refractivity contribution in [2.75, 3.05) is 47.6 Å². The van der Waals surface area contributed by atoms with Crippen LogP contribution in [0.1, 0.15) is 83.8 Å². The minimum atomic E-state index is -1.64. The summed E-state index contributed by atoms with van der Waals surface area (Å²) in [5, 5.41) is 2.28. The van der Waals surface area contributed by atoms with E-state index in [0.717, 1.165) is 16.7 Å². The van der Waals surface area contributed by atoms with E-state index >= 15 is 0 Å². The van der Waals surface area contributed by atoms with Gasteiger partial charge in [0, 0.05) is 26.6 Å². The zero-order valence-corrected chi connectivity index (χ0v) is 48.1. The van der Waals surface area contributed by atoms with E-state index in [1.54, 1.807) is 104 Å². The third kappa shape index (κ3) is 15.4. The molecule has 450 valence electrons. The first kappa shape index (κ1) is 61.9. The van der Waals surface area contributed by atoms with Crippen LogP contribution >= 0.6 is 0 Å². The molecule has 2 amide bonds. The molecule has 0 aliphatic carbocycles. The summed E-state index contributed by atoms with van der Waals surface area (Å²) in [6, 6.07) is 56.2. The number of hydrogen-bond donors (Lipinski definition) is 1. The average Bonchev–Trinajstić information content (AvgIpc) is 2.02. The second kappa shape index (κ2) is 29.9. The van der Waals surface area contributed by atoms with Gasteiger partial charge in [0.05, 0.1) is 48.6 Å². The first-order valence-corrected chi connectivity index (χ1v) is 28.4. The number of likely N-dealkylation sites (tertiary alicyclic amines) is 1. The maximum atomic E-state index is 14.7. The fourth-order valence-electron chi connectivity index (χ4n) is 10.4. The highest BCUT2D eigenvalue weighted by atomic mass is 16.7. The Labute approximate surface area is 503 Å². The predicted octanol–water partition coefficient (Wildman–Crippen LogP) is 8.72. The van der Waals surface area contributed by atoms with E-state index in [9.17, 15) is 33.6 Å². The van der Waals surface area contributed by atoms with E-state index in [-0.39, 0.29) is 73.6 Å². The Morgan fingerprint density at radius 2 is 0.966 bits per heavy atom. The molecule has 2 saturated heterocycles. The van der Waals surface area contributed by atoms with E-state index in [0.29, 0.717) is 11.5 Å². The van der Waals surface area contributed by atoms with Gasteiger partial charge >= 0.3 is 35.8 Å². The first-order chi connectivity index (χ1) is 42.4. The molecule has 0 bridgehead atoms. The smallest absolute Gasteiger partial charge is 0.396 e. The zero-order valence-electron chi connectivity index (χ0n) is 48.1. The largest absolute Gasteiger partial charge is 0.497 e. The van der Waals surface area contributed by atoms with Crippen molar-refractivity contribution < 1.29 is 80.9 Å². The molecule has 19 heteroatoms. The van der Waals surface area contributed by atoms with Crippen LogP contribution < -0.4 is 14.8 Å². The normalized spacial score (nSPS) is 18.9. The van der Waals surface area contributed by atoms with Crippen LogP contribution in [0.2, 0.25) is 0 Å². The predicted molar refractivity (Wildman–Crippen MR) is 314 cm³/mol. The van der Waals surface area contributed by atoms with Crippen LogP contribution in [-0.2, 0) is 57.9 Å². The number of carbonyl (C=O) groups is 7. The number of nitrogens with one attached hydrogen (secondary N) is 1. The fourth-order valence-corrected chi connectivity index (χ4v) is 10.4. The number of rotatable bonds is 24. The molecule has 0 aromatic heterocycles. The molecule has 7 aromatic rings. The highest BCUT2D eigenvalue weighted by Gasteiger charge is 2.54. The van der Waals surface area contributed by atoms with E-state index < -0.39 is 90.8 Å². The van der Waals surface area contributed by atoms with Gasteiger partial charge in [0.2, 0.25) is 5.91 Å². The maximum absolute atomic E-state index is 14.7. The number of nitrogens with zero attached hydrogens (tertiary/aromatic N) is 1. The molecule has 2 unspecified atom stereocenters. The molecule has 9 rings (SSSR count).